The number of rotatable bonds is 1. The maximum absolute atomic E-state index is 5.39. The zero-order valence-electron chi connectivity index (χ0n) is 6.33. The predicted octanol–water partition coefficient (Wildman–Crippen LogP) is -0.962. The van der Waals surface area contributed by atoms with Crippen molar-refractivity contribution in [2.75, 3.05) is 14.1 Å². The van der Waals surface area contributed by atoms with Gasteiger partial charge in [-0.05, 0) is 12.2 Å². The first-order chi connectivity index (χ1) is 5.15. The Morgan fingerprint density at radius 2 is 2.36 bits per heavy atom. The number of hydrogen-bond donors (Lipinski definition) is 2. The third-order valence-electron chi connectivity index (χ3n) is 1.14. The Bertz CT molecular complexity index is 239. The van der Waals surface area contributed by atoms with Gasteiger partial charge in [-0.2, -0.15) is 10.1 Å². The van der Waals surface area contributed by atoms with Gasteiger partial charge in [0.2, 0.25) is 11.8 Å². The van der Waals surface area contributed by atoms with Gasteiger partial charge >= 0.3 is 0 Å². The van der Waals surface area contributed by atoms with Crippen molar-refractivity contribution in [2.24, 2.45) is 10.7 Å². The van der Waals surface area contributed by atoms with Crippen LogP contribution in [0.4, 0.5) is 0 Å². The molecule has 0 unspecified atom stereocenters. The summed E-state index contributed by atoms with van der Waals surface area (Å²) in [5.74, 6) is 0.827. The molecule has 0 aliphatic carbocycles. The maximum atomic E-state index is 5.39. The molecule has 0 radical (unpaired) electrons. The lowest BCUT2D eigenvalue weighted by atomic mass is 10.8. The Hall–Kier alpha value is -1.10. The highest BCUT2D eigenvalue weighted by Crippen LogP contribution is 2.05. The molecule has 0 atom stereocenters. The SMILES string of the molecule is CN(C)N1NC(N)=NC1=C=S. The smallest absolute Gasteiger partial charge is 0.222 e. The van der Waals surface area contributed by atoms with E-state index in [1.165, 1.54) is 0 Å². The number of nitrogens with zero attached hydrogens (tertiary/aromatic N) is 3. The van der Waals surface area contributed by atoms with Gasteiger partial charge in [-0.25, -0.2) is 5.01 Å². The molecule has 1 aliphatic rings. The van der Waals surface area contributed by atoms with Crippen LogP contribution >= 0.6 is 12.2 Å². The lowest BCUT2D eigenvalue weighted by Gasteiger charge is -2.23. The molecule has 5 nitrogen and oxygen atoms in total. The molecule has 0 aromatic rings. The second-order valence-corrected chi connectivity index (χ2v) is 2.40. The zero-order chi connectivity index (χ0) is 8.43. The van der Waals surface area contributed by atoms with E-state index in [0.717, 1.165) is 0 Å². The van der Waals surface area contributed by atoms with Gasteiger partial charge in [0.25, 0.3) is 0 Å². The van der Waals surface area contributed by atoms with Crippen molar-refractivity contribution in [1.29, 1.82) is 0 Å². The van der Waals surface area contributed by atoms with E-state index in [4.69, 9.17) is 5.73 Å². The Labute approximate surface area is 70.1 Å². The molecule has 1 aliphatic heterocycles. The minimum absolute atomic E-state index is 0.325. The van der Waals surface area contributed by atoms with Gasteiger partial charge in [0.15, 0.2) is 0 Å². The van der Waals surface area contributed by atoms with Gasteiger partial charge in [0, 0.05) is 19.1 Å². The van der Waals surface area contributed by atoms with Crippen molar-refractivity contribution in [2.45, 2.75) is 0 Å². The van der Waals surface area contributed by atoms with Gasteiger partial charge in [0.1, 0.15) is 0 Å². The van der Waals surface area contributed by atoms with Crippen LogP contribution in [0.2, 0.25) is 0 Å². The number of guanidine groups is 1. The van der Waals surface area contributed by atoms with E-state index in [-0.39, 0.29) is 0 Å². The normalized spacial score (nSPS) is 16.5. The largest absolute Gasteiger partial charge is 0.368 e. The van der Waals surface area contributed by atoms with E-state index in [0.29, 0.717) is 11.8 Å². The van der Waals surface area contributed by atoms with Gasteiger partial charge in [-0.3, -0.25) is 5.43 Å². The Morgan fingerprint density at radius 3 is 2.73 bits per heavy atom. The first-order valence-electron chi connectivity index (χ1n) is 2.98. The fourth-order valence-electron chi connectivity index (χ4n) is 0.703. The second kappa shape index (κ2) is 2.87. The van der Waals surface area contributed by atoms with Gasteiger partial charge in [0.05, 0.1) is 0 Å². The van der Waals surface area contributed by atoms with Gasteiger partial charge < -0.3 is 5.73 Å². The average molecular weight is 171 g/mol. The summed E-state index contributed by atoms with van der Waals surface area (Å²) >= 11 is 4.60. The summed E-state index contributed by atoms with van der Waals surface area (Å²) < 4.78 is 0. The number of nitrogens with one attached hydrogen (secondary N) is 1. The number of hydrogen-bond acceptors (Lipinski definition) is 6. The standard InChI is InChI=1S/C5H9N5S/c1-9(2)10-4(3-11)7-5(6)8-10/h1-2H3,(H3,6,7,8). The molecule has 1 heterocycles. The van der Waals surface area contributed by atoms with E-state index in [2.05, 4.69) is 27.7 Å². The van der Waals surface area contributed by atoms with Crippen LogP contribution in [0, 0.1) is 0 Å². The van der Waals surface area contributed by atoms with E-state index in [9.17, 15) is 0 Å². The highest BCUT2D eigenvalue weighted by Gasteiger charge is 2.18. The highest BCUT2D eigenvalue weighted by atomic mass is 32.1. The molecule has 0 saturated heterocycles. The van der Waals surface area contributed by atoms with E-state index < -0.39 is 0 Å². The summed E-state index contributed by atoms with van der Waals surface area (Å²) in [6.07, 6.45) is 0. The Morgan fingerprint density at radius 1 is 1.73 bits per heavy atom. The summed E-state index contributed by atoms with van der Waals surface area (Å²) in [5, 5.41) is 5.84. The molecule has 0 bridgehead atoms. The zero-order valence-corrected chi connectivity index (χ0v) is 7.14. The van der Waals surface area contributed by atoms with Gasteiger partial charge in [-0.15, -0.1) is 0 Å². The number of aliphatic imine (C=N–C) groups is 1. The van der Waals surface area contributed by atoms with Crippen molar-refractivity contribution in [1.82, 2.24) is 15.6 Å². The molecule has 0 spiro atoms. The lowest BCUT2D eigenvalue weighted by molar-refractivity contribution is 0.0465. The van der Waals surface area contributed by atoms with Gasteiger partial charge in [-0.1, -0.05) is 0 Å². The minimum atomic E-state index is 0.325. The summed E-state index contributed by atoms with van der Waals surface area (Å²) in [6, 6.07) is 0. The molecule has 6 heteroatoms. The van der Waals surface area contributed by atoms with Crippen LogP contribution in [0.25, 0.3) is 0 Å². The first-order valence-corrected chi connectivity index (χ1v) is 3.39. The molecule has 1 rings (SSSR count). The Balaban J connectivity index is 2.84. The van der Waals surface area contributed by atoms with Crippen molar-refractivity contribution >= 4 is 23.2 Å². The highest BCUT2D eigenvalue weighted by molar-refractivity contribution is 7.78. The van der Waals surface area contributed by atoms with Crippen molar-refractivity contribution < 1.29 is 0 Å². The first kappa shape index (κ1) is 8.00. The fourth-order valence-corrected chi connectivity index (χ4v) is 0.836. The van der Waals surface area contributed by atoms with Crippen LogP contribution in [0.5, 0.6) is 0 Å². The van der Waals surface area contributed by atoms with Crippen LogP contribution in [-0.2, 0) is 0 Å². The fraction of sp³-hybridized carbons (Fsp3) is 0.400. The molecular formula is C5H9N5S. The molecule has 0 fully saturated rings. The van der Waals surface area contributed by atoms with Crippen LogP contribution in [0.1, 0.15) is 0 Å². The quantitative estimate of drug-likeness (QED) is 0.498. The molecule has 0 amide bonds. The van der Waals surface area contributed by atoms with E-state index >= 15 is 0 Å². The second-order valence-electron chi connectivity index (χ2n) is 2.19. The Kier molecular flexibility index (Phi) is 2.09. The average Bonchev–Trinajstić information content (AvgIpc) is 2.30. The molecule has 0 aromatic heterocycles. The lowest BCUT2D eigenvalue weighted by Crippen LogP contribution is -2.46. The minimum Gasteiger partial charge on any atom is -0.368 e. The molecule has 60 valence electrons. The summed E-state index contributed by atoms with van der Waals surface area (Å²) in [6.45, 7) is 0. The van der Waals surface area contributed by atoms with Crippen LogP contribution in [0.3, 0.4) is 0 Å². The summed E-state index contributed by atoms with van der Waals surface area (Å²) in [5.41, 5.74) is 8.17. The monoisotopic (exact) mass is 171 g/mol. The molecule has 11 heavy (non-hydrogen) atoms. The molecule has 0 aromatic carbocycles. The van der Waals surface area contributed by atoms with Crippen molar-refractivity contribution in [3.8, 4) is 0 Å². The third-order valence-corrected chi connectivity index (χ3v) is 1.32. The van der Waals surface area contributed by atoms with E-state index in [1.54, 1.807) is 10.1 Å². The maximum Gasteiger partial charge on any atom is 0.222 e. The molecule has 3 N–H and O–H groups in total. The summed E-state index contributed by atoms with van der Waals surface area (Å²) in [4.78, 5) is 3.88. The van der Waals surface area contributed by atoms with Crippen molar-refractivity contribution in [3.05, 3.63) is 5.82 Å². The number of hydrazine groups is 2. The summed E-state index contributed by atoms with van der Waals surface area (Å²) in [7, 11) is 3.68. The van der Waals surface area contributed by atoms with E-state index in [1.807, 2.05) is 14.1 Å². The predicted molar refractivity (Wildman–Crippen MR) is 46.4 cm³/mol. The molecular weight excluding hydrogens is 162 g/mol. The van der Waals surface area contributed by atoms with Crippen LogP contribution in [0.15, 0.2) is 10.8 Å². The van der Waals surface area contributed by atoms with Crippen molar-refractivity contribution in [3.63, 3.8) is 0 Å². The number of thiocarbonyl (C=S) groups is 1. The number of nitrogens with two attached hydrogens (primary N) is 1. The third kappa shape index (κ3) is 1.48. The molecule has 0 saturated carbocycles. The van der Waals surface area contributed by atoms with Crippen LogP contribution < -0.4 is 11.2 Å². The van der Waals surface area contributed by atoms with Crippen LogP contribution in [-0.4, -0.2) is 35.2 Å². The topological polar surface area (TPSA) is 56.9 Å².